The number of furan rings is 1. The highest BCUT2D eigenvalue weighted by Gasteiger charge is 2.12. The van der Waals surface area contributed by atoms with Gasteiger partial charge in [0.15, 0.2) is 0 Å². The summed E-state index contributed by atoms with van der Waals surface area (Å²) in [5.41, 5.74) is 3.66. The summed E-state index contributed by atoms with van der Waals surface area (Å²) < 4.78 is 16.9. The van der Waals surface area contributed by atoms with E-state index in [0.717, 1.165) is 28.2 Å². The van der Waals surface area contributed by atoms with Crippen LogP contribution < -0.4 is 14.8 Å². The minimum absolute atomic E-state index is 0.174. The Labute approximate surface area is 165 Å². The molecular weight excluding hydrogens is 354 g/mol. The SMILES string of the molecule is CCOc1ccc(C(=O)NCc2ccco2)cc1COc1cc(C)cc(C)c1. The monoisotopic (exact) mass is 379 g/mol. The van der Waals surface area contributed by atoms with E-state index in [2.05, 4.69) is 11.4 Å². The molecule has 1 heterocycles. The fraction of sp³-hybridized carbons (Fsp3) is 0.261. The Morgan fingerprint density at radius 2 is 1.82 bits per heavy atom. The number of amides is 1. The predicted octanol–water partition coefficient (Wildman–Crippen LogP) is 4.80. The average molecular weight is 379 g/mol. The molecular formula is C23H25NO4. The third-order valence-electron chi connectivity index (χ3n) is 4.22. The smallest absolute Gasteiger partial charge is 0.251 e. The van der Waals surface area contributed by atoms with Crippen molar-refractivity contribution < 1.29 is 18.7 Å². The van der Waals surface area contributed by atoms with Crippen molar-refractivity contribution in [3.8, 4) is 11.5 Å². The van der Waals surface area contributed by atoms with Gasteiger partial charge in [0.05, 0.1) is 19.4 Å². The molecule has 1 amide bonds. The molecule has 1 N–H and O–H groups in total. The van der Waals surface area contributed by atoms with E-state index in [4.69, 9.17) is 13.9 Å². The predicted molar refractivity (Wildman–Crippen MR) is 108 cm³/mol. The van der Waals surface area contributed by atoms with Gasteiger partial charge < -0.3 is 19.2 Å². The second-order valence-electron chi connectivity index (χ2n) is 6.63. The summed E-state index contributed by atoms with van der Waals surface area (Å²) in [6.07, 6.45) is 1.58. The van der Waals surface area contributed by atoms with E-state index >= 15 is 0 Å². The molecule has 5 heteroatoms. The van der Waals surface area contributed by atoms with Crippen LogP contribution in [0.3, 0.4) is 0 Å². The molecule has 5 nitrogen and oxygen atoms in total. The highest BCUT2D eigenvalue weighted by atomic mass is 16.5. The number of ether oxygens (including phenoxy) is 2. The Hall–Kier alpha value is -3.21. The standard InChI is InChI=1S/C23H25NO4/c1-4-26-22-8-7-18(23(25)24-14-20-6-5-9-27-20)13-19(22)15-28-21-11-16(2)10-17(3)12-21/h5-13H,4,14-15H2,1-3H3,(H,24,25). The lowest BCUT2D eigenvalue weighted by molar-refractivity contribution is 0.0948. The van der Waals surface area contributed by atoms with Crippen LogP contribution in [0.4, 0.5) is 0 Å². The first-order valence-electron chi connectivity index (χ1n) is 9.32. The van der Waals surface area contributed by atoms with Crippen LogP contribution in [0.15, 0.2) is 59.2 Å². The quantitative estimate of drug-likeness (QED) is 0.610. The molecule has 0 aliphatic carbocycles. The summed E-state index contributed by atoms with van der Waals surface area (Å²) in [6, 6.07) is 15.1. The molecule has 0 spiro atoms. The molecule has 0 aliphatic rings. The molecule has 2 aromatic carbocycles. The van der Waals surface area contributed by atoms with Gasteiger partial charge in [-0.3, -0.25) is 4.79 Å². The van der Waals surface area contributed by atoms with Crippen molar-refractivity contribution in [1.82, 2.24) is 5.32 Å². The van der Waals surface area contributed by atoms with Crippen molar-refractivity contribution in [3.05, 3.63) is 82.8 Å². The van der Waals surface area contributed by atoms with Crippen molar-refractivity contribution >= 4 is 5.91 Å². The molecule has 0 radical (unpaired) electrons. The molecule has 0 saturated carbocycles. The van der Waals surface area contributed by atoms with Gasteiger partial charge in [-0.1, -0.05) is 6.07 Å². The van der Waals surface area contributed by atoms with Crippen LogP contribution in [0.1, 0.15) is 39.7 Å². The number of nitrogens with one attached hydrogen (secondary N) is 1. The van der Waals surface area contributed by atoms with E-state index in [9.17, 15) is 4.79 Å². The van der Waals surface area contributed by atoms with Gasteiger partial charge in [0.25, 0.3) is 5.91 Å². The molecule has 0 bridgehead atoms. The van der Waals surface area contributed by atoms with Gasteiger partial charge in [-0.25, -0.2) is 0 Å². The second kappa shape index (κ2) is 9.13. The summed E-state index contributed by atoms with van der Waals surface area (Å²) in [6.45, 7) is 7.20. The molecule has 146 valence electrons. The molecule has 0 fully saturated rings. The Morgan fingerprint density at radius 1 is 1.04 bits per heavy atom. The lowest BCUT2D eigenvalue weighted by Gasteiger charge is -2.14. The number of rotatable bonds is 8. The van der Waals surface area contributed by atoms with Gasteiger partial charge in [-0.15, -0.1) is 0 Å². The molecule has 0 aliphatic heterocycles. The normalized spacial score (nSPS) is 10.5. The van der Waals surface area contributed by atoms with Crippen molar-refractivity contribution in [2.45, 2.75) is 33.9 Å². The first kappa shape index (κ1) is 19.5. The Bertz CT molecular complexity index is 912. The number of hydrogen-bond donors (Lipinski definition) is 1. The van der Waals surface area contributed by atoms with Gasteiger partial charge in [0.2, 0.25) is 0 Å². The lowest BCUT2D eigenvalue weighted by Crippen LogP contribution is -2.22. The average Bonchev–Trinajstić information content (AvgIpc) is 3.18. The van der Waals surface area contributed by atoms with Crippen LogP contribution in [0, 0.1) is 13.8 Å². The van der Waals surface area contributed by atoms with Gasteiger partial charge in [-0.2, -0.15) is 0 Å². The summed E-state index contributed by atoms with van der Waals surface area (Å²) in [5.74, 6) is 2.05. The van der Waals surface area contributed by atoms with E-state index in [1.165, 1.54) is 0 Å². The van der Waals surface area contributed by atoms with Gasteiger partial charge >= 0.3 is 0 Å². The maximum absolute atomic E-state index is 12.5. The number of carbonyl (C=O) groups is 1. The second-order valence-corrected chi connectivity index (χ2v) is 6.63. The first-order valence-corrected chi connectivity index (χ1v) is 9.32. The van der Waals surface area contributed by atoms with Gasteiger partial charge in [0.1, 0.15) is 23.9 Å². The number of hydrogen-bond acceptors (Lipinski definition) is 4. The van der Waals surface area contributed by atoms with E-state index < -0.39 is 0 Å². The fourth-order valence-electron chi connectivity index (χ4n) is 2.99. The van der Waals surface area contributed by atoms with Crippen molar-refractivity contribution in [2.75, 3.05) is 6.61 Å². The molecule has 3 rings (SSSR count). The van der Waals surface area contributed by atoms with Crippen LogP contribution in [0.25, 0.3) is 0 Å². The van der Waals surface area contributed by atoms with Crippen LogP contribution in [-0.4, -0.2) is 12.5 Å². The van der Waals surface area contributed by atoms with Crippen LogP contribution in [0.2, 0.25) is 0 Å². The zero-order chi connectivity index (χ0) is 19.9. The molecule has 28 heavy (non-hydrogen) atoms. The fourth-order valence-corrected chi connectivity index (χ4v) is 2.99. The Kier molecular flexibility index (Phi) is 6.37. The summed E-state index contributed by atoms with van der Waals surface area (Å²) >= 11 is 0. The van der Waals surface area contributed by atoms with E-state index in [0.29, 0.717) is 31.1 Å². The number of aryl methyl sites for hydroxylation is 2. The number of carbonyl (C=O) groups excluding carboxylic acids is 1. The minimum atomic E-state index is -0.174. The van der Waals surface area contributed by atoms with Gasteiger partial charge in [0, 0.05) is 11.1 Å². The highest BCUT2D eigenvalue weighted by Crippen LogP contribution is 2.24. The summed E-state index contributed by atoms with van der Waals surface area (Å²) in [5, 5.41) is 2.85. The highest BCUT2D eigenvalue weighted by molar-refractivity contribution is 5.94. The third-order valence-corrected chi connectivity index (χ3v) is 4.22. The van der Waals surface area contributed by atoms with Crippen molar-refractivity contribution in [2.24, 2.45) is 0 Å². The molecule has 0 saturated heterocycles. The first-order chi connectivity index (χ1) is 13.5. The Morgan fingerprint density at radius 3 is 2.50 bits per heavy atom. The summed E-state index contributed by atoms with van der Waals surface area (Å²) in [7, 11) is 0. The molecule has 0 unspecified atom stereocenters. The zero-order valence-corrected chi connectivity index (χ0v) is 16.5. The largest absolute Gasteiger partial charge is 0.493 e. The maximum Gasteiger partial charge on any atom is 0.251 e. The molecule has 0 atom stereocenters. The molecule has 3 aromatic rings. The Balaban J connectivity index is 1.73. The van der Waals surface area contributed by atoms with E-state index in [1.807, 2.05) is 51.1 Å². The topological polar surface area (TPSA) is 60.7 Å². The number of benzene rings is 2. The summed E-state index contributed by atoms with van der Waals surface area (Å²) in [4.78, 5) is 12.5. The van der Waals surface area contributed by atoms with Crippen LogP contribution in [-0.2, 0) is 13.2 Å². The van der Waals surface area contributed by atoms with Crippen molar-refractivity contribution in [3.63, 3.8) is 0 Å². The lowest BCUT2D eigenvalue weighted by atomic mass is 10.1. The maximum atomic E-state index is 12.5. The zero-order valence-electron chi connectivity index (χ0n) is 16.5. The van der Waals surface area contributed by atoms with Crippen LogP contribution >= 0.6 is 0 Å². The van der Waals surface area contributed by atoms with Gasteiger partial charge in [-0.05, 0) is 74.4 Å². The van der Waals surface area contributed by atoms with Crippen molar-refractivity contribution in [1.29, 1.82) is 0 Å². The van der Waals surface area contributed by atoms with Crippen LogP contribution in [0.5, 0.6) is 11.5 Å². The minimum Gasteiger partial charge on any atom is -0.493 e. The van der Waals surface area contributed by atoms with E-state index in [-0.39, 0.29) is 5.91 Å². The third kappa shape index (κ3) is 5.16. The van der Waals surface area contributed by atoms with E-state index in [1.54, 1.807) is 18.4 Å². The molecule has 1 aromatic heterocycles.